The maximum atomic E-state index is 5.93. The quantitative estimate of drug-likeness (QED) is 0.356. The molecule has 0 atom stereocenters. The molecule has 0 aliphatic carbocycles. The second-order valence-electron chi connectivity index (χ2n) is 5.61. The third-order valence-electron chi connectivity index (χ3n) is 3.68. The molecule has 6 heteroatoms. The minimum atomic E-state index is 0.672. The first-order valence-corrected chi connectivity index (χ1v) is 10.2. The van der Waals surface area contributed by atoms with Crippen molar-refractivity contribution in [2.45, 2.75) is 38.5 Å². The van der Waals surface area contributed by atoms with Crippen LogP contribution in [0, 0.1) is 0 Å². The number of thiophene rings is 2. The minimum Gasteiger partial charge on any atom is -0.383 e. The summed E-state index contributed by atoms with van der Waals surface area (Å²) in [5.41, 5.74) is 11.9. The smallest absolute Gasteiger partial charge is 0.135 e. The highest BCUT2D eigenvalue weighted by molar-refractivity contribution is 7.12. The number of hydrogen-bond donors (Lipinski definition) is 2. The molecule has 0 spiro atoms. The minimum absolute atomic E-state index is 0.672. The summed E-state index contributed by atoms with van der Waals surface area (Å²) in [6, 6.07) is 8.02. The number of nitrogens with two attached hydrogens (primary N) is 2. The SMILES string of the molecule is NC(=NCCCCCCCCN=C(N)c1cccs1)c1cccs1. The van der Waals surface area contributed by atoms with Crippen LogP contribution in [0.5, 0.6) is 0 Å². The normalized spacial score (nSPS) is 12.7. The Balaban J connectivity index is 1.46. The Hall–Kier alpha value is -1.66. The molecule has 2 aromatic rings. The van der Waals surface area contributed by atoms with E-state index < -0.39 is 0 Å². The Morgan fingerprint density at radius 3 is 1.50 bits per heavy atom. The summed E-state index contributed by atoms with van der Waals surface area (Å²) >= 11 is 3.27. The van der Waals surface area contributed by atoms with Crippen molar-refractivity contribution in [2.24, 2.45) is 21.5 Å². The molecule has 0 radical (unpaired) electrons. The Labute approximate surface area is 152 Å². The van der Waals surface area contributed by atoms with Crippen molar-refractivity contribution in [1.82, 2.24) is 0 Å². The third-order valence-corrected chi connectivity index (χ3v) is 5.46. The molecule has 130 valence electrons. The fourth-order valence-corrected chi connectivity index (χ4v) is 3.63. The zero-order chi connectivity index (χ0) is 17.0. The van der Waals surface area contributed by atoms with Gasteiger partial charge in [-0.25, -0.2) is 0 Å². The number of hydrogen-bond acceptors (Lipinski definition) is 4. The van der Waals surface area contributed by atoms with E-state index in [-0.39, 0.29) is 0 Å². The van der Waals surface area contributed by atoms with E-state index >= 15 is 0 Å². The summed E-state index contributed by atoms with van der Waals surface area (Å²) in [6.45, 7) is 1.65. The van der Waals surface area contributed by atoms with E-state index in [9.17, 15) is 0 Å². The first-order chi connectivity index (χ1) is 11.8. The number of rotatable bonds is 11. The summed E-state index contributed by atoms with van der Waals surface area (Å²) in [5.74, 6) is 1.34. The average molecular weight is 363 g/mol. The second kappa shape index (κ2) is 11.0. The van der Waals surface area contributed by atoms with Crippen molar-refractivity contribution in [3.63, 3.8) is 0 Å². The topological polar surface area (TPSA) is 76.8 Å². The molecule has 2 heterocycles. The Kier molecular flexibility index (Phi) is 8.55. The van der Waals surface area contributed by atoms with E-state index in [1.807, 2.05) is 35.0 Å². The lowest BCUT2D eigenvalue weighted by Crippen LogP contribution is -2.12. The molecule has 0 aliphatic heterocycles. The summed E-state index contributed by atoms with van der Waals surface area (Å²) in [5, 5.41) is 4.05. The van der Waals surface area contributed by atoms with Crippen molar-refractivity contribution in [3.05, 3.63) is 44.8 Å². The van der Waals surface area contributed by atoms with Crippen molar-refractivity contribution < 1.29 is 0 Å². The maximum Gasteiger partial charge on any atom is 0.135 e. The zero-order valence-electron chi connectivity index (χ0n) is 14.0. The van der Waals surface area contributed by atoms with Gasteiger partial charge in [-0.05, 0) is 35.7 Å². The molecular weight excluding hydrogens is 336 g/mol. The molecule has 0 saturated heterocycles. The molecule has 24 heavy (non-hydrogen) atoms. The summed E-state index contributed by atoms with van der Waals surface area (Å²) < 4.78 is 0. The second-order valence-corrected chi connectivity index (χ2v) is 7.51. The first kappa shape index (κ1) is 18.7. The standard InChI is InChI=1S/C18H26N4S2/c19-17(15-9-7-13-23-15)21-11-5-3-1-2-4-6-12-22-18(20)16-10-8-14-24-16/h7-10,13-14H,1-6,11-12H2,(H2,19,21)(H2,20,22). The molecule has 2 rings (SSSR count). The molecule has 0 aromatic carbocycles. The van der Waals surface area contributed by atoms with Crippen LogP contribution in [0.2, 0.25) is 0 Å². The molecule has 0 fully saturated rings. The number of nitrogens with zero attached hydrogens (tertiary/aromatic N) is 2. The first-order valence-electron chi connectivity index (χ1n) is 8.45. The fourth-order valence-electron chi connectivity index (χ4n) is 2.33. The van der Waals surface area contributed by atoms with Crippen LogP contribution in [0.3, 0.4) is 0 Å². The van der Waals surface area contributed by atoms with Crippen LogP contribution < -0.4 is 11.5 Å². The zero-order valence-corrected chi connectivity index (χ0v) is 15.6. The monoisotopic (exact) mass is 362 g/mol. The molecule has 4 N–H and O–H groups in total. The highest BCUT2D eigenvalue weighted by Crippen LogP contribution is 2.10. The number of amidine groups is 2. The van der Waals surface area contributed by atoms with E-state index in [1.54, 1.807) is 22.7 Å². The van der Waals surface area contributed by atoms with Crippen molar-refractivity contribution >= 4 is 34.3 Å². The van der Waals surface area contributed by atoms with E-state index in [0.717, 1.165) is 35.7 Å². The van der Waals surface area contributed by atoms with E-state index in [0.29, 0.717) is 11.7 Å². The van der Waals surface area contributed by atoms with Gasteiger partial charge < -0.3 is 11.5 Å². The van der Waals surface area contributed by atoms with Crippen LogP contribution in [0.25, 0.3) is 0 Å². The van der Waals surface area contributed by atoms with Crippen molar-refractivity contribution in [1.29, 1.82) is 0 Å². The number of unbranched alkanes of at least 4 members (excludes halogenated alkanes) is 5. The molecule has 2 aromatic heterocycles. The fraction of sp³-hybridized carbons (Fsp3) is 0.444. The lowest BCUT2D eigenvalue weighted by atomic mass is 10.1. The maximum absolute atomic E-state index is 5.93. The van der Waals surface area contributed by atoms with Gasteiger partial charge >= 0.3 is 0 Å². The molecule has 0 saturated carbocycles. The van der Waals surface area contributed by atoms with Gasteiger partial charge in [0.2, 0.25) is 0 Å². The van der Waals surface area contributed by atoms with Gasteiger partial charge in [-0.1, -0.05) is 37.8 Å². The Morgan fingerprint density at radius 2 is 1.12 bits per heavy atom. The van der Waals surface area contributed by atoms with Gasteiger partial charge in [0.1, 0.15) is 11.7 Å². The average Bonchev–Trinajstić information content (AvgIpc) is 3.29. The van der Waals surface area contributed by atoms with Crippen LogP contribution >= 0.6 is 22.7 Å². The van der Waals surface area contributed by atoms with Gasteiger partial charge in [-0.2, -0.15) is 0 Å². The molecule has 0 unspecified atom stereocenters. The van der Waals surface area contributed by atoms with Gasteiger partial charge in [-0.15, -0.1) is 22.7 Å². The third kappa shape index (κ3) is 6.84. The molecule has 4 nitrogen and oxygen atoms in total. The largest absolute Gasteiger partial charge is 0.383 e. The van der Waals surface area contributed by atoms with E-state index in [1.165, 1.54) is 25.7 Å². The van der Waals surface area contributed by atoms with Crippen LogP contribution in [-0.2, 0) is 0 Å². The summed E-state index contributed by atoms with van der Waals surface area (Å²) in [4.78, 5) is 11.0. The predicted molar refractivity (Wildman–Crippen MR) is 108 cm³/mol. The molecule has 0 bridgehead atoms. The highest BCUT2D eigenvalue weighted by atomic mass is 32.1. The van der Waals surface area contributed by atoms with Gasteiger partial charge in [0, 0.05) is 13.1 Å². The van der Waals surface area contributed by atoms with Gasteiger partial charge in [-0.3, -0.25) is 9.98 Å². The van der Waals surface area contributed by atoms with Crippen molar-refractivity contribution in [2.75, 3.05) is 13.1 Å². The lowest BCUT2D eigenvalue weighted by Gasteiger charge is -2.01. The van der Waals surface area contributed by atoms with Gasteiger partial charge in [0.15, 0.2) is 0 Å². The molecule has 0 aliphatic rings. The van der Waals surface area contributed by atoms with Crippen LogP contribution in [0.4, 0.5) is 0 Å². The van der Waals surface area contributed by atoms with Crippen LogP contribution in [-0.4, -0.2) is 24.8 Å². The van der Waals surface area contributed by atoms with Crippen molar-refractivity contribution in [3.8, 4) is 0 Å². The summed E-state index contributed by atoms with van der Waals surface area (Å²) in [7, 11) is 0. The molecular formula is C18H26N4S2. The lowest BCUT2D eigenvalue weighted by molar-refractivity contribution is 0.602. The predicted octanol–water partition coefficient (Wildman–Crippen LogP) is 4.26. The Morgan fingerprint density at radius 1 is 0.708 bits per heavy atom. The molecule has 0 amide bonds. The van der Waals surface area contributed by atoms with E-state index in [4.69, 9.17) is 11.5 Å². The number of aliphatic imine (C=N–C) groups is 2. The van der Waals surface area contributed by atoms with E-state index in [2.05, 4.69) is 9.98 Å². The summed E-state index contributed by atoms with van der Waals surface area (Å²) in [6.07, 6.45) is 7.13. The van der Waals surface area contributed by atoms with Gasteiger partial charge in [0.05, 0.1) is 9.75 Å². The van der Waals surface area contributed by atoms with Crippen LogP contribution in [0.15, 0.2) is 45.0 Å². The highest BCUT2D eigenvalue weighted by Gasteiger charge is 1.99. The van der Waals surface area contributed by atoms with Gasteiger partial charge in [0.25, 0.3) is 0 Å². The van der Waals surface area contributed by atoms with Crippen LogP contribution in [0.1, 0.15) is 48.3 Å². The Bertz CT molecular complexity index is 559.